The Morgan fingerprint density at radius 3 is 2.42 bits per heavy atom. The van der Waals surface area contributed by atoms with Gasteiger partial charge in [0.05, 0.1) is 17.0 Å². The van der Waals surface area contributed by atoms with Crippen molar-refractivity contribution in [3.63, 3.8) is 0 Å². The lowest BCUT2D eigenvalue weighted by Crippen LogP contribution is -2.48. The van der Waals surface area contributed by atoms with E-state index in [0.29, 0.717) is 43.6 Å². The minimum Gasteiger partial charge on any atom is -0.507 e. The fraction of sp³-hybridized carbons (Fsp3) is 0.229. The van der Waals surface area contributed by atoms with E-state index in [1.54, 1.807) is 24.5 Å². The van der Waals surface area contributed by atoms with E-state index in [2.05, 4.69) is 20.2 Å². The Morgan fingerprint density at radius 2 is 1.69 bits per heavy atom. The predicted molar refractivity (Wildman–Crippen MR) is 173 cm³/mol. The minimum absolute atomic E-state index is 0.0946. The maximum atomic E-state index is 13.0. The van der Waals surface area contributed by atoms with Gasteiger partial charge >= 0.3 is 0 Å². The number of nitrogens with zero attached hydrogens (tertiary/aromatic N) is 4. The number of aromatic hydroxyl groups is 1. The molecule has 3 heterocycles. The van der Waals surface area contributed by atoms with Gasteiger partial charge in [-0.25, -0.2) is 0 Å². The van der Waals surface area contributed by atoms with Crippen LogP contribution in [0.2, 0.25) is 5.02 Å². The third kappa shape index (κ3) is 7.76. The number of ether oxygens (including phenoxy) is 1. The van der Waals surface area contributed by atoms with Gasteiger partial charge in [0.15, 0.2) is 0 Å². The highest BCUT2D eigenvalue weighted by Gasteiger charge is 2.24. The molecular weight excluding hydrogens is 590 g/mol. The summed E-state index contributed by atoms with van der Waals surface area (Å²) in [6, 6.07) is 28.0. The number of pyridine rings is 2. The number of fused-ring (bicyclic) bond motifs is 1. The highest BCUT2D eigenvalue weighted by molar-refractivity contribution is 6.30. The average Bonchev–Trinajstić information content (AvgIpc) is 3.08. The summed E-state index contributed by atoms with van der Waals surface area (Å²) in [6.45, 7) is 4.42. The second-order valence-electron chi connectivity index (χ2n) is 10.8. The van der Waals surface area contributed by atoms with E-state index in [0.717, 1.165) is 40.8 Å². The second kappa shape index (κ2) is 14.5. The molecular formula is C35H34ClN5O4. The van der Waals surface area contributed by atoms with Gasteiger partial charge in [-0.3, -0.25) is 24.5 Å². The molecule has 0 spiro atoms. The normalized spacial score (nSPS) is 14.7. The molecule has 230 valence electrons. The topological polar surface area (TPSA) is 100 Å². The van der Waals surface area contributed by atoms with Crippen molar-refractivity contribution < 1.29 is 19.5 Å². The Kier molecular flexibility index (Phi) is 9.82. The first-order valence-corrected chi connectivity index (χ1v) is 15.3. The van der Waals surface area contributed by atoms with Crippen LogP contribution in [0, 0.1) is 0 Å². The Morgan fingerprint density at radius 1 is 0.911 bits per heavy atom. The molecule has 2 aromatic heterocycles. The standard InChI is InChI=1S/C35H34ClN5O4/c36-27-12-10-25(11-13-27)34(31-8-2-4-15-38-31)45-41-20-18-40(19-21-41)17-16-39-35(43)30-22-26-6-5-9-33(29(26)23-32(30)42)44-24-28-7-1-3-14-37-28/h1-15,22-23,34,42H,16-21,24H2,(H,39,43). The summed E-state index contributed by atoms with van der Waals surface area (Å²) >= 11 is 6.11. The van der Waals surface area contributed by atoms with Gasteiger partial charge < -0.3 is 15.2 Å². The summed E-state index contributed by atoms with van der Waals surface area (Å²) in [7, 11) is 0. The predicted octanol–water partition coefficient (Wildman–Crippen LogP) is 5.64. The number of amides is 1. The fourth-order valence-electron chi connectivity index (χ4n) is 5.31. The number of hydroxylamine groups is 2. The van der Waals surface area contributed by atoms with Gasteiger partial charge in [-0.1, -0.05) is 48.0 Å². The van der Waals surface area contributed by atoms with Crippen molar-refractivity contribution in [2.45, 2.75) is 12.7 Å². The van der Waals surface area contributed by atoms with E-state index in [-0.39, 0.29) is 23.3 Å². The molecule has 0 saturated carbocycles. The number of phenols is 1. The van der Waals surface area contributed by atoms with Crippen LogP contribution in [0.25, 0.3) is 10.8 Å². The zero-order valence-electron chi connectivity index (χ0n) is 24.7. The summed E-state index contributed by atoms with van der Waals surface area (Å²) in [5.74, 6) is 0.197. The van der Waals surface area contributed by atoms with Crippen molar-refractivity contribution in [2.75, 3.05) is 39.3 Å². The van der Waals surface area contributed by atoms with Gasteiger partial charge in [-0.2, -0.15) is 5.06 Å². The number of hydrogen-bond acceptors (Lipinski definition) is 8. The van der Waals surface area contributed by atoms with Crippen LogP contribution < -0.4 is 10.1 Å². The lowest BCUT2D eigenvalue weighted by molar-refractivity contribution is -0.204. The maximum absolute atomic E-state index is 13.0. The van der Waals surface area contributed by atoms with Crippen LogP contribution in [0.15, 0.2) is 103 Å². The largest absolute Gasteiger partial charge is 0.507 e. The second-order valence-corrected chi connectivity index (χ2v) is 11.2. The first kappa shape index (κ1) is 30.5. The SMILES string of the molecule is O=C(NCCN1CCN(OC(c2ccc(Cl)cc2)c2ccccn2)CC1)c1cc2cccc(OCc3ccccn3)c2cc1O. The Bertz CT molecular complexity index is 1720. The molecule has 1 saturated heterocycles. The fourth-order valence-corrected chi connectivity index (χ4v) is 5.44. The van der Waals surface area contributed by atoms with Gasteiger partial charge in [-0.05, 0) is 65.5 Å². The van der Waals surface area contributed by atoms with E-state index >= 15 is 0 Å². The van der Waals surface area contributed by atoms with E-state index in [1.807, 2.05) is 83.9 Å². The first-order chi connectivity index (χ1) is 22.0. The van der Waals surface area contributed by atoms with E-state index < -0.39 is 0 Å². The molecule has 1 aliphatic heterocycles. The van der Waals surface area contributed by atoms with Crippen LogP contribution in [-0.2, 0) is 11.4 Å². The van der Waals surface area contributed by atoms with Crippen LogP contribution >= 0.6 is 11.6 Å². The summed E-state index contributed by atoms with van der Waals surface area (Å²) in [6.07, 6.45) is 3.14. The van der Waals surface area contributed by atoms with Gasteiger partial charge in [0.25, 0.3) is 5.91 Å². The molecule has 5 aromatic rings. The summed E-state index contributed by atoms with van der Waals surface area (Å²) in [5, 5.41) is 17.9. The molecule has 1 atom stereocenters. The van der Waals surface area contributed by atoms with E-state index in [1.165, 1.54) is 0 Å². The first-order valence-electron chi connectivity index (χ1n) is 14.9. The van der Waals surface area contributed by atoms with Crippen LogP contribution in [-0.4, -0.2) is 70.2 Å². The Labute approximate surface area is 267 Å². The molecule has 1 amide bonds. The van der Waals surface area contributed by atoms with Crippen molar-refractivity contribution >= 4 is 28.3 Å². The molecule has 6 rings (SSSR count). The Hall–Kier alpha value is -4.54. The third-order valence-electron chi connectivity index (χ3n) is 7.73. The molecule has 1 unspecified atom stereocenters. The lowest BCUT2D eigenvalue weighted by atomic mass is 10.0. The molecule has 0 aliphatic carbocycles. The monoisotopic (exact) mass is 623 g/mol. The molecule has 2 N–H and O–H groups in total. The minimum atomic E-state index is -0.340. The number of rotatable bonds is 11. The summed E-state index contributed by atoms with van der Waals surface area (Å²) in [5.41, 5.74) is 2.84. The third-order valence-corrected chi connectivity index (χ3v) is 7.98. The number of piperazine rings is 1. The van der Waals surface area contributed by atoms with Crippen LogP contribution in [0.1, 0.15) is 33.4 Å². The summed E-state index contributed by atoms with van der Waals surface area (Å²) in [4.78, 5) is 30.6. The molecule has 0 bridgehead atoms. The maximum Gasteiger partial charge on any atom is 0.255 e. The van der Waals surface area contributed by atoms with Gasteiger partial charge in [0.2, 0.25) is 0 Å². The number of nitrogens with one attached hydrogen (secondary N) is 1. The molecule has 3 aromatic carbocycles. The van der Waals surface area contributed by atoms with E-state index in [4.69, 9.17) is 21.2 Å². The molecule has 10 heteroatoms. The van der Waals surface area contributed by atoms with Crippen molar-refractivity contribution in [3.8, 4) is 11.5 Å². The smallest absolute Gasteiger partial charge is 0.255 e. The highest BCUT2D eigenvalue weighted by Crippen LogP contribution is 2.32. The van der Waals surface area contributed by atoms with Crippen molar-refractivity contribution in [3.05, 3.63) is 131 Å². The number of benzene rings is 3. The zero-order valence-corrected chi connectivity index (χ0v) is 25.4. The summed E-state index contributed by atoms with van der Waals surface area (Å²) < 4.78 is 5.97. The molecule has 1 fully saturated rings. The number of phenolic OH excluding ortho intramolecular Hbond substituents is 1. The van der Waals surface area contributed by atoms with Crippen LogP contribution in [0.3, 0.4) is 0 Å². The number of carbonyl (C=O) groups excluding carboxylic acids is 1. The number of aromatic nitrogens is 2. The number of halogens is 1. The van der Waals surface area contributed by atoms with Crippen molar-refractivity contribution in [2.24, 2.45) is 0 Å². The van der Waals surface area contributed by atoms with Crippen molar-refractivity contribution in [1.29, 1.82) is 0 Å². The number of carbonyl (C=O) groups is 1. The quantitative estimate of drug-likeness (QED) is 0.195. The zero-order chi connectivity index (χ0) is 31.0. The molecule has 9 nitrogen and oxygen atoms in total. The number of hydrogen-bond donors (Lipinski definition) is 2. The average molecular weight is 624 g/mol. The van der Waals surface area contributed by atoms with Gasteiger partial charge in [0, 0.05) is 62.1 Å². The van der Waals surface area contributed by atoms with Crippen molar-refractivity contribution in [1.82, 2.24) is 25.2 Å². The van der Waals surface area contributed by atoms with Gasteiger partial charge in [-0.15, -0.1) is 0 Å². The molecule has 1 aliphatic rings. The van der Waals surface area contributed by atoms with Gasteiger partial charge in [0.1, 0.15) is 24.2 Å². The Balaban J connectivity index is 1.01. The van der Waals surface area contributed by atoms with Crippen LogP contribution in [0.4, 0.5) is 0 Å². The van der Waals surface area contributed by atoms with E-state index in [9.17, 15) is 9.90 Å². The molecule has 45 heavy (non-hydrogen) atoms. The van der Waals surface area contributed by atoms with Crippen LogP contribution in [0.5, 0.6) is 11.5 Å². The molecule has 0 radical (unpaired) electrons. The lowest BCUT2D eigenvalue weighted by Gasteiger charge is -2.35. The highest BCUT2D eigenvalue weighted by atomic mass is 35.5.